The number of hydrogen-bond donors (Lipinski definition) is 0. The summed E-state index contributed by atoms with van der Waals surface area (Å²) >= 11 is 6.23. The Morgan fingerprint density at radius 3 is 2.19 bits per heavy atom. The molecule has 1 fully saturated rings. The van der Waals surface area contributed by atoms with Gasteiger partial charge in [0.15, 0.2) is 0 Å². The van der Waals surface area contributed by atoms with Crippen molar-refractivity contribution in [2.75, 3.05) is 33.3 Å². The smallest absolute Gasteiger partial charge is 0.243 e. The molecule has 1 saturated heterocycles. The Kier molecular flexibility index (Phi) is 9.24. The lowest BCUT2D eigenvalue weighted by atomic mass is 9.90. The van der Waals surface area contributed by atoms with Crippen LogP contribution in [0.4, 0.5) is 0 Å². The number of benzene rings is 3. The van der Waals surface area contributed by atoms with Crippen LogP contribution in [-0.4, -0.2) is 56.8 Å². The highest BCUT2D eigenvalue weighted by Crippen LogP contribution is 2.29. The molecule has 6 nitrogen and oxygen atoms in total. The number of methoxy groups -OCH3 is 1. The minimum absolute atomic E-state index is 0.0423. The Bertz CT molecular complexity index is 1280. The van der Waals surface area contributed by atoms with Crippen LogP contribution in [0.2, 0.25) is 5.02 Å². The topological polar surface area (TPSA) is 66.9 Å². The van der Waals surface area contributed by atoms with Crippen LogP contribution in [0.3, 0.4) is 0 Å². The molecule has 3 aromatic rings. The molecule has 0 radical (unpaired) electrons. The largest absolute Gasteiger partial charge is 0.495 e. The first kappa shape index (κ1) is 27.2. The van der Waals surface area contributed by atoms with E-state index in [0.29, 0.717) is 31.2 Å². The van der Waals surface area contributed by atoms with Crippen LogP contribution in [-0.2, 0) is 27.7 Å². The molecule has 8 heteroatoms. The molecule has 4 rings (SSSR count). The molecule has 0 spiro atoms. The zero-order valence-corrected chi connectivity index (χ0v) is 22.6. The van der Waals surface area contributed by atoms with Gasteiger partial charge in [0.1, 0.15) is 5.75 Å². The Morgan fingerprint density at radius 2 is 1.59 bits per heavy atom. The molecule has 1 aliphatic heterocycles. The van der Waals surface area contributed by atoms with E-state index in [1.54, 1.807) is 4.90 Å². The van der Waals surface area contributed by atoms with Gasteiger partial charge in [-0.25, -0.2) is 8.42 Å². The number of piperidine rings is 1. The predicted molar refractivity (Wildman–Crippen MR) is 146 cm³/mol. The van der Waals surface area contributed by atoms with Crippen LogP contribution in [0, 0.1) is 5.92 Å². The maximum Gasteiger partial charge on any atom is 0.243 e. The number of hydrogen-bond acceptors (Lipinski definition) is 4. The molecular weight excluding hydrogens is 508 g/mol. The number of carbonyl (C=O) groups is 1. The monoisotopic (exact) mass is 540 g/mol. The Balaban J connectivity index is 1.45. The Morgan fingerprint density at radius 1 is 0.973 bits per heavy atom. The number of nitrogens with zero attached hydrogens (tertiary/aromatic N) is 2. The van der Waals surface area contributed by atoms with Gasteiger partial charge in [-0.2, -0.15) is 4.31 Å². The van der Waals surface area contributed by atoms with E-state index in [4.69, 9.17) is 16.3 Å². The van der Waals surface area contributed by atoms with Crippen molar-refractivity contribution in [3.8, 4) is 5.75 Å². The van der Waals surface area contributed by atoms with Crippen molar-refractivity contribution in [2.24, 2.45) is 5.92 Å². The molecule has 1 aliphatic rings. The first-order valence-corrected chi connectivity index (χ1v) is 14.4. The van der Waals surface area contributed by atoms with E-state index in [0.717, 1.165) is 24.8 Å². The zero-order valence-electron chi connectivity index (χ0n) is 21.1. The second-order valence-electron chi connectivity index (χ2n) is 9.38. The van der Waals surface area contributed by atoms with Crippen molar-refractivity contribution < 1.29 is 17.9 Å². The first-order chi connectivity index (χ1) is 17.9. The average Bonchev–Trinajstić information content (AvgIpc) is 2.92. The van der Waals surface area contributed by atoms with E-state index < -0.39 is 10.0 Å². The number of ether oxygens (including phenoxy) is 1. The Labute approximate surface area is 224 Å². The minimum atomic E-state index is -3.96. The van der Waals surface area contributed by atoms with Crippen molar-refractivity contribution in [3.63, 3.8) is 0 Å². The standard InChI is InChI=1S/C29H33ClN2O4S/c1-36-28-13-12-26(21-27(28)30)37(34,35)32(19-16-23-8-4-2-5-9-23)22-29(33)31-17-14-25(15-18-31)20-24-10-6-3-7-11-24/h2-13,21,25H,14-20,22H2,1H3. The summed E-state index contributed by atoms with van der Waals surface area (Å²) in [5.74, 6) is 0.742. The van der Waals surface area contributed by atoms with Crippen molar-refractivity contribution in [1.29, 1.82) is 0 Å². The summed E-state index contributed by atoms with van der Waals surface area (Å²) < 4.78 is 33.7. The average molecular weight is 541 g/mol. The molecular formula is C29H33ClN2O4S. The number of sulfonamides is 1. The summed E-state index contributed by atoms with van der Waals surface area (Å²) in [5, 5.41) is 0.207. The SMILES string of the molecule is COc1ccc(S(=O)(=O)N(CCc2ccccc2)CC(=O)N2CCC(Cc3ccccc3)CC2)cc1Cl. The minimum Gasteiger partial charge on any atom is -0.495 e. The van der Waals surface area contributed by atoms with Crippen LogP contribution in [0.15, 0.2) is 83.8 Å². The maximum absolute atomic E-state index is 13.6. The molecule has 196 valence electrons. The molecule has 1 heterocycles. The number of amides is 1. The summed E-state index contributed by atoms with van der Waals surface area (Å²) in [6.45, 7) is 1.25. The third-order valence-electron chi connectivity index (χ3n) is 6.90. The Hall–Kier alpha value is -2.87. The van der Waals surface area contributed by atoms with E-state index in [-0.39, 0.29) is 28.9 Å². The number of carbonyl (C=O) groups excluding carboxylic acids is 1. The van der Waals surface area contributed by atoms with Gasteiger partial charge in [-0.15, -0.1) is 0 Å². The molecule has 0 atom stereocenters. The highest BCUT2D eigenvalue weighted by molar-refractivity contribution is 7.89. The van der Waals surface area contributed by atoms with Gasteiger partial charge in [-0.3, -0.25) is 4.79 Å². The van der Waals surface area contributed by atoms with Crippen LogP contribution < -0.4 is 4.74 Å². The van der Waals surface area contributed by atoms with Gasteiger partial charge in [0.2, 0.25) is 15.9 Å². The lowest BCUT2D eigenvalue weighted by Crippen LogP contribution is -2.46. The van der Waals surface area contributed by atoms with Gasteiger partial charge in [-0.1, -0.05) is 72.3 Å². The molecule has 0 N–H and O–H groups in total. The third kappa shape index (κ3) is 7.12. The van der Waals surface area contributed by atoms with E-state index in [1.807, 2.05) is 36.4 Å². The van der Waals surface area contributed by atoms with Gasteiger partial charge < -0.3 is 9.64 Å². The fourth-order valence-corrected chi connectivity index (χ4v) is 6.46. The van der Waals surface area contributed by atoms with Crippen molar-refractivity contribution >= 4 is 27.5 Å². The summed E-state index contributed by atoms with van der Waals surface area (Å²) in [4.78, 5) is 15.1. The summed E-state index contributed by atoms with van der Waals surface area (Å²) in [6.07, 6.45) is 3.31. The van der Waals surface area contributed by atoms with E-state index in [1.165, 1.54) is 35.2 Å². The van der Waals surface area contributed by atoms with Crippen LogP contribution in [0.1, 0.15) is 24.0 Å². The van der Waals surface area contributed by atoms with Gasteiger partial charge >= 0.3 is 0 Å². The molecule has 0 unspecified atom stereocenters. The second kappa shape index (κ2) is 12.6. The van der Waals surface area contributed by atoms with Gasteiger partial charge in [0, 0.05) is 19.6 Å². The molecule has 0 bridgehead atoms. The zero-order chi connectivity index (χ0) is 26.3. The normalized spacial score (nSPS) is 14.6. The van der Waals surface area contributed by atoms with Gasteiger partial charge in [-0.05, 0) is 60.9 Å². The summed E-state index contributed by atoms with van der Waals surface area (Å²) in [6, 6.07) is 24.4. The van der Waals surface area contributed by atoms with E-state index in [9.17, 15) is 13.2 Å². The molecule has 0 aliphatic carbocycles. The van der Waals surface area contributed by atoms with Crippen LogP contribution >= 0.6 is 11.6 Å². The van der Waals surface area contributed by atoms with E-state index in [2.05, 4.69) is 24.3 Å². The highest BCUT2D eigenvalue weighted by atomic mass is 35.5. The molecule has 37 heavy (non-hydrogen) atoms. The second-order valence-corrected chi connectivity index (χ2v) is 11.7. The van der Waals surface area contributed by atoms with Crippen molar-refractivity contribution in [3.05, 3.63) is 95.0 Å². The lowest BCUT2D eigenvalue weighted by Gasteiger charge is -2.33. The summed E-state index contributed by atoms with van der Waals surface area (Å²) in [7, 11) is -2.48. The number of halogens is 1. The third-order valence-corrected chi connectivity index (χ3v) is 9.04. The fourth-order valence-electron chi connectivity index (χ4n) is 4.72. The summed E-state index contributed by atoms with van der Waals surface area (Å²) in [5.41, 5.74) is 2.31. The first-order valence-electron chi connectivity index (χ1n) is 12.6. The maximum atomic E-state index is 13.6. The van der Waals surface area contributed by atoms with E-state index >= 15 is 0 Å². The molecule has 0 aromatic heterocycles. The van der Waals surface area contributed by atoms with Gasteiger partial charge in [0.05, 0.1) is 23.6 Å². The van der Waals surface area contributed by atoms with Gasteiger partial charge in [0.25, 0.3) is 0 Å². The molecule has 0 saturated carbocycles. The predicted octanol–water partition coefficient (Wildman–Crippen LogP) is 5.06. The highest BCUT2D eigenvalue weighted by Gasteiger charge is 2.30. The molecule has 3 aromatic carbocycles. The number of rotatable bonds is 10. The lowest BCUT2D eigenvalue weighted by molar-refractivity contribution is -0.132. The van der Waals surface area contributed by atoms with Crippen LogP contribution in [0.25, 0.3) is 0 Å². The van der Waals surface area contributed by atoms with Crippen LogP contribution in [0.5, 0.6) is 5.75 Å². The number of likely N-dealkylation sites (tertiary alicyclic amines) is 1. The quantitative estimate of drug-likeness (QED) is 0.360. The van der Waals surface area contributed by atoms with Crippen molar-refractivity contribution in [2.45, 2.75) is 30.6 Å². The fraction of sp³-hybridized carbons (Fsp3) is 0.345. The molecule has 1 amide bonds. The van der Waals surface area contributed by atoms with Crippen molar-refractivity contribution in [1.82, 2.24) is 9.21 Å².